The first-order valence-corrected chi connectivity index (χ1v) is 8.79. The zero-order valence-corrected chi connectivity index (χ0v) is 14.7. The molecule has 1 aliphatic heterocycles. The number of azo groups is 1. The first kappa shape index (κ1) is 16.1. The number of hydrogen-bond donors (Lipinski definition) is 2. The molecule has 2 aromatic carbocycles. The summed E-state index contributed by atoms with van der Waals surface area (Å²) in [5.41, 5.74) is 4.00. The van der Waals surface area contributed by atoms with Crippen LogP contribution in [0.5, 0.6) is 5.88 Å². The monoisotopic (exact) mass is 365 g/mol. The number of nitrogens with one attached hydrogen (secondary N) is 1. The molecule has 0 amide bonds. The highest BCUT2D eigenvalue weighted by Gasteiger charge is 2.09. The van der Waals surface area contributed by atoms with Gasteiger partial charge in [-0.3, -0.25) is 9.97 Å². The van der Waals surface area contributed by atoms with E-state index in [-0.39, 0.29) is 5.88 Å². The Balaban J connectivity index is 1.56. The second-order valence-electron chi connectivity index (χ2n) is 6.40. The van der Waals surface area contributed by atoms with Crippen molar-refractivity contribution in [2.75, 3.05) is 0 Å². The van der Waals surface area contributed by atoms with Crippen LogP contribution in [-0.4, -0.2) is 20.1 Å². The molecular formula is C22H15N5O. The van der Waals surface area contributed by atoms with Gasteiger partial charge in [-0.05, 0) is 41.6 Å². The van der Waals surface area contributed by atoms with Crippen LogP contribution in [0.1, 0.15) is 11.3 Å². The van der Waals surface area contributed by atoms with Gasteiger partial charge >= 0.3 is 0 Å². The quantitative estimate of drug-likeness (QED) is 0.583. The van der Waals surface area contributed by atoms with Gasteiger partial charge in [0.15, 0.2) is 5.88 Å². The van der Waals surface area contributed by atoms with Crippen molar-refractivity contribution >= 4 is 34.4 Å². The fourth-order valence-electron chi connectivity index (χ4n) is 3.25. The molecule has 6 nitrogen and oxygen atoms in total. The van der Waals surface area contributed by atoms with E-state index in [1.165, 1.54) is 0 Å². The third-order valence-corrected chi connectivity index (χ3v) is 4.59. The Labute approximate surface area is 160 Å². The van der Waals surface area contributed by atoms with Crippen molar-refractivity contribution in [1.29, 1.82) is 0 Å². The van der Waals surface area contributed by atoms with Crippen molar-refractivity contribution in [1.82, 2.24) is 15.0 Å². The number of para-hydroxylation sites is 1. The van der Waals surface area contributed by atoms with Crippen molar-refractivity contribution in [3.63, 3.8) is 0 Å². The van der Waals surface area contributed by atoms with Crippen LogP contribution in [0.4, 0.5) is 5.69 Å². The van der Waals surface area contributed by atoms with Crippen LogP contribution in [0.2, 0.25) is 0 Å². The predicted molar refractivity (Wildman–Crippen MR) is 108 cm³/mol. The number of benzene rings is 2. The molecule has 0 saturated carbocycles. The average Bonchev–Trinajstić information content (AvgIpc) is 3.28. The molecule has 0 radical (unpaired) electrons. The third kappa shape index (κ3) is 2.87. The van der Waals surface area contributed by atoms with Crippen LogP contribution in [0.3, 0.4) is 0 Å². The molecule has 0 atom stereocenters. The smallest absolute Gasteiger partial charge is 0.196 e. The zero-order valence-electron chi connectivity index (χ0n) is 14.7. The first-order chi connectivity index (χ1) is 13.8. The summed E-state index contributed by atoms with van der Waals surface area (Å²) in [6.07, 6.45) is 10.7. The topological polar surface area (TPSA) is 86.5 Å². The maximum absolute atomic E-state index is 10.3. The van der Waals surface area contributed by atoms with Gasteiger partial charge in [-0.2, -0.15) is 0 Å². The van der Waals surface area contributed by atoms with E-state index in [1.807, 2.05) is 60.7 Å². The van der Waals surface area contributed by atoms with E-state index in [4.69, 9.17) is 0 Å². The molecule has 5 rings (SSSR count). The molecule has 28 heavy (non-hydrogen) atoms. The van der Waals surface area contributed by atoms with Gasteiger partial charge in [0, 0.05) is 34.1 Å². The number of nitrogens with zero attached hydrogens (tertiary/aromatic N) is 4. The van der Waals surface area contributed by atoms with Crippen molar-refractivity contribution in [3.8, 4) is 5.88 Å². The summed E-state index contributed by atoms with van der Waals surface area (Å²) >= 11 is 0. The lowest BCUT2D eigenvalue weighted by atomic mass is 10.1. The Bertz CT molecular complexity index is 1370. The van der Waals surface area contributed by atoms with E-state index in [9.17, 15) is 5.11 Å². The highest BCUT2D eigenvalue weighted by atomic mass is 16.3. The molecule has 0 fully saturated rings. The molecular weight excluding hydrogens is 350 g/mol. The van der Waals surface area contributed by atoms with Crippen molar-refractivity contribution in [2.45, 2.75) is 0 Å². The van der Waals surface area contributed by atoms with Gasteiger partial charge in [0.1, 0.15) is 0 Å². The molecule has 0 aliphatic carbocycles. The average molecular weight is 365 g/mol. The van der Waals surface area contributed by atoms with E-state index < -0.39 is 0 Å². The normalized spacial score (nSPS) is 13.7. The van der Waals surface area contributed by atoms with Gasteiger partial charge < -0.3 is 10.1 Å². The van der Waals surface area contributed by atoms with Crippen LogP contribution in [0.15, 0.2) is 77.4 Å². The van der Waals surface area contributed by atoms with Crippen molar-refractivity contribution in [2.24, 2.45) is 10.2 Å². The van der Waals surface area contributed by atoms with Gasteiger partial charge in [0.05, 0.1) is 23.3 Å². The standard InChI is InChI=1S/C22H15N5O/c28-22-18(16-3-1-2-4-19(16)25-22)11-14-5-7-17-20(26-27-21(17)12-14)8-6-15-13-23-9-10-24-15/h1-13,25,28H. The number of H-pyrrole nitrogens is 1. The van der Waals surface area contributed by atoms with Gasteiger partial charge in [-0.1, -0.05) is 24.3 Å². The summed E-state index contributed by atoms with van der Waals surface area (Å²) in [5, 5.41) is 21.7. The second-order valence-corrected chi connectivity index (χ2v) is 6.40. The van der Waals surface area contributed by atoms with Gasteiger partial charge in [0.2, 0.25) is 0 Å². The fraction of sp³-hybridized carbons (Fsp3) is 0. The molecule has 4 aromatic rings. The molecule has 1 aliphatic rings. The Morgan fingerprint density at radius 2 is 1.89 bits per heavy atom. The molecule has 134 valence electrons. The van der Waals surface area contributed by atoms with Crippen LogP contribution in [0.25, 0.3) is 28.8 Å². The lowest BCUT2D eigenvalue weighted by Gasteiger charge is -1.94. The molecule has 6 heteroatoms. The highest BCUT2D eigenvalue weighted by molar-refractivity contribution is 5.91. The summed E-state index contributed by atoms with van der Waals surface area (Å²) in [7, 11) is 0. The largest absolute Gasteiger partial charge is 0.494 e. The van der Waals surface area contributed by atoms with Crippen LogP contribution in [-0.2, 0) is 0 Å². The number of aromatic hydroxyl groups is 1. The highest BCUT2D eigenvalue weighted by Crippen LogP contribution is 2.27. The molecule has 2 N–H and O–H groups in total. The van der Waals surface area contributed by atoms with Crippen LogP contribution >= 0.6 is 0 Å². The number of aromatic nitrogens is 3. The summed E-state index contributed by atoms with van der Waals surface area (Å²) in [5.74, 6) is 0.155. The maximum atomic E-state index is 10.3. The van der Waals surface area contributed by atoms with Crippen LogP contribution < -0.4 is 10.4 Å². The van der Waals surface area contributed by atoms with Crippen molar-refractivity contribution < 1.29 is 5.11 Å². The van der Waals surface area contributed by atoms with E-state index in [0.29, 0.717) is 0 Å². The lowest BCUT2D eigenvalue weighted by molar-refractivity contribution is 0.457. The van der Waals surface area contributed by atoms with Gasteiger partial charge in [-0.25, -0.2) is 0 Å². The molecule has 0 bridgehead atoms. The minimum absolute atomic E-state index is 0.155. The predicted octanol–water partition coefficient (Wildman–Crippen LogP) is 3.41. The van der Waals surface area contributed by atoms with E-state index in [2.05, 4.69) is 25.2 Å². The number of rotatable bonds is 3. The summed E-state index contributed by atoms with van der Waals surface area (Å²) in [6, 6.07) is 13.7. The molecule has 0 unspecified atom stereocenters. The Morgan fingerprint density at radius 3 is 2.79 bits per heavy atom. The second kappa shape index (κ2) is 6.59. The maximum Gasteiger partial charge on any atom is 0.196 e. The first-order valence-electron chi connectivity index (χ1n) is 8.79. The molecule has 0 saturated heterocycles. The summed E-state index contributed by atoms with van der Waals surface area (Å²) in [6.45, 7) is 0. The van der Waals surface area contributed by atoms with Gasteiger partial charge in [0.25, 0.3) is 0 Å². The van der Waals surface area contributed by atoms with Crippen LogP contribution in [0, 0.1) is 0 Å². The molecule has 0 spiro atoms. The third-order valence-electron chi connectivity index (χ3n) is 4.59. The Hall–Kier alpha value is -4.06. The number of aromatic amines is 1. The molecule has 2 aromatic heterocycles. The Morgan fingerprint density at radius 1 is 0.964 bits per heavy atom. The van der Waals surface area contributed by atoms with Gasteiger partial charge in [-0.15, -0.1) is 10.2 Å². The SMILES string of the molecule is Oc1[nH]c2ccccc2c1C=c1ccc2c(c1)N=NC=2C=Cc1cnccn1. The zero-order chi connectivity index (χ0) is 18.9. The lowest BCUT2D eigenvalue weighted by Crippen LogP contribution is -2.08. The number of hydrogen-bond acceptors (Lipinski definition) is 5. The van der Waals surface area contributed by atoms with E-state index in [1.54, 1.807) is 18.6 Å². The molecule has 3 heterocycles. The summed E-state index contributed by atoms with van der Waals surface area (Å²) in [4.78, 5) is 11.3. The van der Waals surface area contributed by atoms with E-state index in [0.717, 1.165) is 44.0 Å². The van der Waals surface area contributed by atoms with E-state index >= 15 is 0 Å². The van der Waals surface area contributed by atoms with Crippen molar-refractivity contribution in [3.05, 3.63) is 88.8 Å². The fourth-order valence-corrected chi connectivity index (χ4v) is 3.25. The number of fused-ring (bicyclic) bond motifs is 2. The Kier molecular flexibility index (Phi) is 3.80. The summed E-state index contributed by atoms with van der Waals surface area (Å²) < 4.78 is 0. The minimum atomic E-state index is 0.155. The minimum Gasteiger partial charge on any atom is -0.494 e.